The summed E-state index contributed by atoms with van der Waals surface area (Å²) in [5, 5.41) is 2.84. The van der Waals surface area contributed by atoms with E-state index in [4.69, 9.17) is 0 Å². The molecule has 2 N–H and O–H groups in total. The van der Waals surface area contributed by atoms with Crippen molar-refractivity contribution in [1.82, 2.24) is 4.72 Å². The van der Waals surface area contributed by atoms with Crippen LogP contribution in [0.4, 0.5) is 5.69 Å². The van der Waals surface area contributed by atoms with Gasteiger partial charge >= 0.3 is 0 Å². The SMILES string of the molecule is Cc1cc(C)cc(C(=O)Nc2ccc(S(=O)(=O)N[C@H](C)[C@@H]3C[C@@H]4CC[C@@H]3C4)cc2)c1. The Labute approximate surface area is 179 Å². The van der Waals surface area contributed by atoms with Crippen molar-refractivity contribution < 1.29 is 13.2 Å². The number of sulfonamides is 1. The van der Waals surface area contributed by atoms with Gasteiger partial charge in [0, 0.05) is 17.3 Å². The molecule has 5 nitrogen and oxygen atoms in total. The maximum Gasteiger partial charge on any atom is 0.255 e. The number of anilines is 1. The first-order valence-electron chi connectivity index (χ1n) is 10.7. The molecule has 4 rings (SSSR count). The molecule has 160 valence electrons. The van der Waals surface area contributed by atoms with Crippen LogP contribution in [0.3, 0.4) is 0 Å². The summed E-state index contributed by atoms with van der Waals surface area (Å²) in [6.45, 7) is 5.89. The molecule has 2 bridgehead atoms. The van der Waals surface area contributed by atoms with E-state index in [1.165, 1.54) is 19.3 Å². The average molecular weight is 427 g/mol. The molecule has 0 radical (unpaired) electrons. The van der Waals surface area contributed by atoms with Crippen molar-refractivity contribution in [3.63, 3.8) is 0 Å². The highest BCUT2D eigenvalue weighted by Crippen LogP contribution is 2.49. The Morgan fingerprint density at radius 1 is 1.00 bits per heavy atom. The third-order valence-corrected chi connectivity index (χ3v) is 8.26. The lowest BCUT2D eigenvalue weighted by Crippen LogP contribution is -2.40. The summed E-state index contributed by atoms with van der Waals surface area (Å²) in [6, 6.07) is 12.0. The third kappa shape index (κ3) is 4.44. The van der Waals surface area contributed by atoms with Gasteiger partial charge in [-0.15, -0.1) is 0 Å². The van der Waals surface area contributed by atoms with E-state index in [0.29, 0.717) is 23.1 Å². The molecule has 2 fully saturated rings. The third-order valence-electron chi connectivity index (χ3n) is 6.68. The minimum atomic E-state index is -3.59. The summed E-state index contributed by atoms with van der Waals surface area (Å²) in [6.07, 6.45) is 4.93. The van der Waals surface area contributed by atoms with E-state index < -0.39 is 10.0 Å². The molecule has 0 aromatic heterocycles. The second kappa shape index (κ2) is 8.16. The van der Waals surface area contributed by atoms with Crippen LogP contribution in [0.25, 0.3) is 0 Å². The molecule has 0 unspecified atom stereocenters. The molecule has 2 aromatic carbocycles. The summed E-state index contributed by atoms with van der Waals surface area (Å²) in [5.74, 6) is 1.68. The highest BCUT2D eigenvalue weighted by Gasteiger charge is 2.42. The van der Waals surface area contributed by atoms with Crippen LogP contribution in [0, 0.1) is 31.6 Å². The van der Waals surface area contributed by atoms with Gasteiger partial charge in [0.1, 0.15) is 0 Å². The second-order valence-corrected chi connectivity index (χ2v) is 10.8. The standard InChI is InChI=1S/C24H30N2O3S/c1-15-10-16(2)12-20(11-15)24(27)25-21-6-8-22(9-7-21)30(28,29)26-17(3)23-14-18-4-5-19(23)13-18/h6-12,17-19,23,26H,4-5,13-14H2,1-3H3,(H,25,27)/t17-,18-,19-,23+/m1/s1. The van der Waals surface area contributed by atoms with Gasteiger partial charge in [0.05, 0.1) is 4.90 Å². The number of carbonyl (C=O) groups excluding carboxylic acids is 1. The van der Waals surface area contributed by atoms with Crippen molar-refractivity contribution in [2.75, 3.05) is 5.32 Å². The normalized spacial score (nSPS) is 24.0. The topological polar surface area (TPSA) is 75.3 Å². The monoisotopic (exact) mass is 426 g/mol. The Kier molecular flexibility index (Phi) is 5.73. The van der Waals surface area contributed by atoms with Gasteiger partial charge in [-0.25, -0.2) is 13.1 Å². The molecule has 0 heterocycles. The first-order chi connectivity index (χ1) is 14.2. The van der Waals surface area contributed by atoms with E-state index in [1.807, 2.05) is 39.0 Å². The maximum absolute atomic E-state index is 12.8. The Morgan fingerprint density at radius 2 is 1.67 bits per heavy atom. The van der Waals surface area contributed by atoms with Gasteiger partial charge in [-0.05, 0) is 94.2 Å². The van der Waals surface area contributed by atoms with Crippen LogP contribution in [0.2, 0.25) is 0 Å². The molecule has 6 heteroatoms. The number of carbonyl (C=O) groups is 1. The first-order valence-corrected chi connectivity index (χ1v) is 12.2. The molecule has 1 amide bonds. The molecular weight excluding hydrogens is 396 g/mol. The zero-order valence-corrected chi connectivity index (χ0v) is 18.6. The zero-order chi connectivity index (χ0) is 21.5. The van der Waals surface area contributed by atoms with Crippen LogP contribution in [0.5, 0.6) is 0 Å². The molecule has 2 aliphatic carbocycles. The molecular formula is C24H30N2O3S. The van der Waals surface area contributed by atoms with Crippen LogP contribution in [0.15, 0.2) is 47.4 Å². The van der Waals surface area contributed by atoms with Crippen molar-refractivity contribution in [1.29, 1.82) is 0 Å². The number of fused-ring (bicyclic) bond motifs is 2. The molecule has 0 aliphatic heterocycles. The van der Waals surface area contributed by atoms with E-state index in [1.54, 1.807) is 24.3 Å². The van der Waals surface area contributed by atoms with Crippen molar-refractivity contribution >= 4 is 21.6 Å². The quantitative estimate of drug-likeness (QED) is 0.705. The van der Waals surface area contributed by atoms with Gasteiger partial charge in [0.15, 0.2) is 0 Å². The lowest BCUT2D eigenvalue weighted by molar-refractivity contribution is 0.102. The summed E-state index contributed by atoms with van der Waals surface area (Å²) in [7, 11) is -3.59. The number of hydrogen-bond acceptors (Lipinski definition) is 3. The van der Waals surface area contributed by atoms with E-state index in [0.717, 1.165) is 23.5 Å². The predicted molar refractivity (Wildman–Crippen MR) is 119 cm³/mol. The fraction of sp³-hybridized carbons (Fsp3) is 0.458. The van der Waals surface area contributed by atoms with E-state index >= 15 is 0 Å². The second-order valence-electron chi connectivity index (χ2n) is 9.10. The number of aryl methyl sites for hydroxylation is 2. The van der Waals surface area contributed by atoms with Crippen LogP contribution in [0.1, 0.15) is 54.1 Å². The minimum Gasteiger partial charge on any atom is -0.322 e. The molecule has 2 aromatic rings. The van der Waals surface area contributed by atoms with Crippen LogP contribution in [-0.2, 0) is 10.0 Å². The highest BCUT2D eigenvalue weighted by molar-refractivity contribution is 7.89. The molecule has 4 atom stereocenters. The van der Waals surface area contributed by atoms with Gasteiger partial charge in [-0.3, -0.25) is 4.79 Å². The van der Waals surface area contributed by atoms with Crippen LogP contribution in [-0.4, -0.2) is 20.4 Å². The van der Waals surface area contributed by atoms with E-state index in [-0.39, 0.29) is 16.8 Å². The van der Waals surface area contributed by atoms with E-state index in [9.17, 15) is 13.2 Å². The smallest absolute Gasteiger partial charge is 0.255 e. The van der Waals surface area contributed by atoms with Crippen molar-refractivity contribution in [3.05, 3.63) is 59.2 Å². The number of rotatable bonds is 6. The Balaban J connectivity index is 1.41. The first kappa shape index (κ1) is 21.1. The van der Waals surface area contributed by atoms with Gasteiger partial charge < -0.3 is 5.32 Å². The lowest BCUT2D eigenvalue weighted by Gasteiger charge is -2.28. The van der Waals surface area contributed by atoms with Gasteiger partial charge in [0.25, 0.3) is 5.91 Å². The Hall–Kier alpha value is -2.18. The zero-order valence-electron chi connectivity index (χ0n) is 17.8. The molecule has 2 saturated carbocycles. The predicted octanol–water partition coefficient (Wildman–Crippen LogP) is 4.66. The van der Waals surface area contributed by atoms with Gasteiger partial charge in [-0.1, -0.05) is 23.6 Å². The average Bonchev–Trinajstić information content (AvgIpc) is 3.31. The largest absolute Gasteiger partial charge is 0.322 e. The number of benzene rings is 2. The summed E-state index contributed by atoms with van der Waals surface area (Å²) in [5.41, 5.74) is 3.21. The molecule has 0 spiro atoms. The lowest BCUT2D eigenvalue weighted by atomic mass is 9.84. The molecule has 30 heavy (non-hydrogen) atoms. The Bertz CT molecular complexity index is 1030. The number of amides is 1. The fourth-order valence-electron chi connectivity index (χ4n) is 5.33. The summed E-state index contributed by atoms with van der Waals surface area (Å²) >= 11 is 0. The summed E-state index contributed by atoms with van der Waals surface area (Å²) < 4.78 is 28.6. The fourth-order valence-corrected chi connectivity index (χ4v) is 6.63. The highest BCUT2D eigenvalue weighted by atomic mass is 32.2. The maximum atomic E-state index is 12.8. The molecule has 2 aliphatic rings. The Morgan fingerprint density at radius 3 is 2.23 bits per heavy atom. The van der Waals surface area contributed by atoms with Crippen LogP contribution >= 0.6 is 0 Å². The van der Waals surface area contributed by atoms with Gasteiger partial charge in [-0.2, -0.15) is 0 Å². The molecule has 0 saturated heterocycles. The number of nitrogens with one attached hydrogen (secondary N) is 2. The number of hydrogen-bond donors (Lipinski definition) is 2. The summed E-state index contributed by atoms with van der Waals surface area (Å²) in [4.78, 5) is 12.7. The van der Waals surface area contributed by atoms with Crippen LogP contribution < -0.4 is 10.0 Å². The van der Waals surface area contributed by atoms with Crippen molar-refractivity contribution in [2.45, 2.75) is 57.4 Å². The van der Waals surface area contributed by atoms with E-state index in [2.05, 4.69) is 10.0 Å². The van der Waals surface area contributed by atoms with Crippen molar-refractivity contribution in [3.8, 4) is 0 Å². The minimum absolute atomic E-state index is 0.0609. The van der Waals surface area contributed by atoms with Crippen molar-refractivity contribution in [2.24, 2.45) is 17.8 Å². The van der Waals surface area contributed by atoms with Gasteiger partial charge in [0.2, 0.25) is 10.0 Å².